The van der Waals surface area contributed by atoms with E-state index in [0.29, 0.717) is 0 Å². The van der Waals surface area contributed by atoms with Crippen LogP contribution in [0, 0.1) is 11.8 Å². The van der Waals surface area contributed by atoms with Gasteiger partial charge in [-0.3, -0.25) is 38.4 Å². The molecule has 0 unspecified atom stereocenters. The van der Waals surface area contributed by atoms with E-state index in [-0.39, 0.29) is 6.42 Å². The minimum absolute atomic E-state index is 0.291. The summed E-state index contributed by atoms with van der Waals surface area (Å²) >= 11 is 0. The van der Waals surface area contributed by atoms with Gasteiger partial charge in [0.2, 0.25) is 41.4 Å². The van der Waals surface area contributed by atoms with Crippen LogP contribution in [0.25, 0.3) is 0 Å². The number of aliphatic hydroxyl groups is 2. The Bertz CT molecular complexity index is 1060. The molecular formula is C26H45N7O11. The zero-order valence-electron chi connectivity index (χ0n) is 25.6. The molecule has 44 heavy (non-hydrogen) atoms. The Hall–Kier alpha value is -4.32. The molecule has 0 heterocycles. The molecule has 0 aliphatic rings. The molecule has 0 spiro atoms. The van der Waals surface area contributed by atoms with Gasteiger partial charge in [-0.15, -0.1) is 0 Å². The van der Waals surface area contributed by atoms with Crippen LogP contribution in [0.15, 0.2) is 0 Å². The number of carbonyl (C=O) groups is 8. The molecule has 11 N–H and O–H groups in total. The third-order valence-electron chi connectivity index (χ3n) is 6.18. The molecule has 7 amide bonds. The van der Waals surface area contributed by atoms with Gasteiger partial charge in [0.25, 0.3) is 0 Å². The Morgan fingerprint density at radius 1 is 0.682 bits per heavy atom. The molecule has 0 aliphatic heterocycles. The molecule has 0 aliphatic carbocycles. The molecule has 0 aromatic carbocycles. The van der Waals surface area contributed by atoms with Crippen molar-refractivity contribution in [1.29, 1.82) is 0 Å². The molecule has 0 fully saturated rings. The normalized spacial score (nSPS) is 15.0. The summed E-state index contributed by atoms with van der Waals surface area (Å²) in [5.74, 6) is -8.15. The van der Waals surface area contributed by atoms with Crippen LogP contribution in [0.1, 0.15) is 54.4 Å². The lowest BCUT2D eigenvalue weighted by Gasteiger charge is -2.28. The van der Waals surface area contributed by atoms with E-state index in [1.807, 2.05) is 0 Å². The van der Waals surface area contributed by atoms with Crippen LogP contribution in [0.3, 0.4) is 0 Å². The molecule has 18 heteroatoms. The van der Waals surface area contributed by atoms with Gasteiger partial charge in [-0.25, -0.2) is 0 Å². The highest BCUT2D eigenvalue weighted by Crippen LogP contribution is 2.06. The predicted octanol–water partition coefficient (Wildman–Crippen LogP) is -4.42. The number of carboxylic acids is 1. The van der Waals surface area contributed by atoms with Crippen LogP contribution in [0.2, 0.25) is 0 Å². The van der Waals surface area contributed by atoms with Crippen molar-refractivity contribution in [3.05, 3.63) is 0 Å². The molecule has 18 nitrogen and oxygen atoms in total. The standard InChI is InChI=1S/C26H45N7O11/c1-11(2)19(24(42)28-9-17(37)31-20(12(3)4)25(43)30-16(10-34)22(27)40)32-26(44)21(13(5)35)33-23(41)15(29-14(6)36)7-8-18(38)39/h11-13,15-16,19-21,34-35H,7-10H2,1-6H3,(H2,27,40)(H,28,42)(H,29,36)(H,30,43)(H,31,37)(H,32,44)(H,33,41)(H,38,39)/t13-,15+,16+,19+,20+,21+/m1/s1. The second-order valence-electron chi connectivity index (χ2n) is 10.8. The van der Waals surface area contributed by atoms with Crippen molar-refractivity contribution < 1.29 is 53.7 Å². The van der Waals surface area contributed by atoms with Gasteiger partial charge in [0, 0.05) is 13.3 Å². The Balaban J connectivity index is 5.47. The monoisotopic (exact) mass is 631 g/mol. The number of nitrogens with one attached hydrogen (secondary N) is 6. The number of aliphatic carboxylic acids is 1. The van der Waals surface area contributed by atoms with E-state index in [2.05, 4.69) is 31.9 Å². The van der Waals surface area contributed by atoms with Crippen LogP contribution in [-0.4, -0.2) is 112 Å². The van der Waals surface area contributed by atoms with Gasteiger partial charge in [0.05, 0.1) is 19.3 Å². The molecule has 0 bridgehead atoms. The number of hydrogen-bond acceptors (Lipinski definition) is 10. The van der Waals surface area contributed by atoms with Crippen molar-refractivity contribution in [3.8, 4) is 0 Å². The van der Waals surface area contributed by atoms with Crippen molar-refractivity contribution in [2.24, 2.45) is 17.6 Å². The fourth-order valence-corrected chi connectivity index (χ4v) is 3.72. The minimum Gasteiger partial charge on any atom is -0.481 e. The summed E-state index contributed by atoms with van der Waals surface area (Å²) in [6.07, 6.45) is -2.23. The molecule has 0 aromatic heterocycles. The number of primary amides is 1. The molecule has 6 atom stereocenters. The quantitative estimate of drug-likeness (QED) is 0.0649. The second kappa shape index (κ2) is 19.1. The number of rotatable bonds is 19. The Labute approximate surface area is 254 Å². The summed E-state index contributed by atoms with van der Waals surface area (Å²) in [5.41, 5.74) is 5.10. The van der Waals surface area contributed by atoms with E-state index in [1.54, 1.807) is 27.7 Å². The van der Waals surface area contributed by atoms with Crippen LogP contribution >= 0.6 is 0 Å². The summed E-state index contributed by atoms with van der Waals surface area (Å²) in [4.78, 5) is 97.5. The first-order chi connectivity index (χ1) is 20.3. The van der Waals surface area contributed by atoms with Crippen molar-refractivity contribution in [2.45, 2.75) is 90.7 Å². The summed E-state index contributed by atoms with van der Waals surface area (Å²) in [6, 6.07) is -6.69. The van der Waals surface area contributed by atoms with Gasteiger partial charge in [-0.05, 0) is 25.2 Å². The van der Waals surface area contributed by atoms with Crippen molar-refractivity contribution >= 4 is 47.3 Å². The lowest BCUT2D eigenvalue weighted by Crippen LogP contribution is -2.61. The first-order valence-corrected chi connectivity index (χ1v) is 13.9. The van der Waals surface area contributed by atoms with Gasteiger partial charge in [0.15, 0.2) is 0 Å². The molecule has 0 aromatic rings. The third kappa shape index (κ3) is 14.2. The fourth-order valence-electron chi connectivity index (χ4n) is 3.72. The number of carboxylic acid groups (broad SMARTS) is 1. The smallest absolute Gasteiger partial charge is 0.303 e. The SMILES string of the molecule is CC(=O)N[C@@H](CCC(=O)O)C(=O)N[C@H](C(=O)N[C@H](C(=O)NCC(=O)N[C@H](C(=O)N[C@@H](CO)C(N)=O)C(C)C)C(C)C)[C@@H](C)O. The highest BCUT2D eigenvalue weighted by atomic mass is 16.4. The van der Waals surface area contributed by atoms with E-state index in [0.717, 1.165) is 6.92 Å². The number of aliphatic hydroxyl groups excluding tert-OH is 2. The van der Waals surface area contributed by atoms with Crippen LogP contribution < -0.4 is 37.6 Å². The van der Waals surface area contributed by atoms with Gasteiger partial charge < -0.3 is 53.0 Å². The predicted molar refractivity (Wildman–Crippen MR) is 153 cm³/mol. The molecule has 250 valence electrons. The zero-order chi connectivity index (χ0) is 34.3. The van der Waals surface area contributed by atoms with Crippen molar-refractivity contribution in [3.63, 3.8) is 0 Å². The topological polar surface area (TPSA) is 295 Å². The Morgan fingerprint density at radius 3 is 1.61 bits per heavy atom. The number of amides is 7. The average Bonchev–Trinajstić information content (AvgIpc) is 2.91. The summed E-state index contributed by atoms with van der Waals surface area (Å²) in [5, 5.41) is 42.2. The average molecular weight is 632 g/mol. The fraction of sp³-hybridized carbons (Fsp3) is 0.692. The Morgan fingerprint density at radius 2 is 1.18 bits per heavy atom. The van der Waals surface area contributed by atoms with E-state index in [1.165, 1.54) is 6.92 Å². The highest BCUT2D eigenvalue weighted by Gasteiger charge is 2.34. The maximum Gasteiger partial charge on any atom is 0.303 e. The number of nitrogens with two attached hydrogens (primary N) is 1. The Kier molecular flexibility index (Phi) is 17.2. The highest BCUT2D eigenvalue weighted by molar-refractivity contribution is 5.96. The van der Waals surface area contributed by atoms with Gasteiger partial charge >= 0.3 is 5.97 Å². The van der Waals surface area contributed by atoms with E-state index in [4.69, 9.17) is 10.8 Å². The maximum atomic E-state index is 13.0. The first-order valence-electron chi connectivity index (χ1n) is 13.9. The summed E-state index contributed by atoms with van der Waals surface area (Å²) in [7, 11) is 0. The van der Waals surface area contributed by atoms with Crippen LogP contribution in [0.5, 0.6) is 0 Å². The molecule has 0 radical (unpaired) electrons. The van der Waals surface area contributed by atoms with Crippen molar-refractivity contribution in [2.75, 3.05) is 13.2 Å². The molecule has 0 rings (SSSR count). The number of hydrogen-bond donors (Lipinski definition) is 10. The molecule has 0 saturated carbocycles. The maximum absolute atomic E-state index is 13.0. The zero-order valence-corrected chi connectivity index (χ0v) is 25.6. The van der Waals surface area contributed by atoms with Crippen LogP contribution in [0.4, 0.5) is 0 Å². The van der Waals surface area contributed by atoms with Crippen molar-refractivity contribution in [1.82, 2.24) is 31.9 Å². The van der Waals surface area contributed by atoms with Gasteiger partial charge in [-0.2, -0.15) is 0 Å². The van der Waals surface area contributed by atoms with Gasteiger partial charge in [0.1, 0.15) is 30.2 Å². The number of carbonyl (C=O) groups excluding carboxylic acids is 7. The van der Waals surface area contributed by atoms with Crippen LogP contribution in [-0.2, 0) is 38.4 Å². The van der Waals surface area contributed by atoms with E-state index in [9.17, 15) is 48.6 Å². The molecule has 0 saturated heterocycles. The van der Waals surface area contributed by atoms with Gasteiger partial charge in [-0.1, -0.05) is 27.7 Å². The van der Waals surface area contributed by atoms with E-state index >= 15 is 0 Å². The lowest BCUT2D eigenvalue weighted by molar-refractivity contribution is -0.139. The first kappa shape index (κ1) is 39.7. The lowest BCUT2D eigenvalue weighted by atomic mass is 10.0. The molecular weight excluding hydrogens is 586 g/mol. The minimum atomic E-state index is -1.60. The second-order valence-corrected chi connectivity index (χ2v) is 10.8. The van der Waals surface area contributed by atoms with E-state index < -0.39 is 115 Å². The summed E-state index contributed by atoms with van der Waals surface area (Å²) in [6.45, 7) is 7.30. The summed E-state index contributed by atoms with van der Waals surface area (Å²) < 4.78 is 0. The third-order valence-corrected chi connectivity index (χ3v) is 6.18. The largest absolute Gasteiger partial charge is 0.481 e.